The highest BCUT2D eigenvalue weighted by atomic mass is 35.5. The fourth-order valence-electron chi connectivity index (χ4n) is 3.81. The normalized spacial score (nSPS) is 15.4. The summed E-state index contributed by atoms with van der Waals surface area (Å²) in [5.74, 6) is -0.120. The molecule has 2 aromatic heterocycles. The van der Waals surface area contributed by atoms with E-state index in [4.69, 9.17) is 11.6 Å². The number of thiophene rings is 1. The van der Waals surface area contributed by atoms with Crippen molar-refractivity contribution in [3.63, 3.8) is 0 Å². The van der Waals surface area contributed by atoms with E-state index in [0.29, 0.717) is 34.2 Å². The molecule has 5 rings (SSSR count). The molecule has 3 heterocycles. The predicted molar refractivity (Wildman–Crippen MR) is 129 cm³/mol. The molecule has 0 radical (unpaired) electrons. The number of anilines is 2. The maximum absolute atomic E-state index is 13.0. The minimum atomic E-state index is -3.28. The van der Waals surface area contributed by atoms with Crippen LogP contribution in [0.1, 0.15) is 21.8 Å². The summed E-state index contributed by atoms with van der Waals surface area (Å²) in [6.07, 6.45) is 0.600. The van der Waals surface area contributed by atoms with Crippen LogP contribution in [0, 0.1) is 6.92 Å². The molecule has 4 aromatic rings. The van der Waals surface area contributed by atoms with Crippen molar-refractivity contribution in [1.29, 1.82) is 0 Å². The lowest BCUT2D eigenvalue weighted by Crippen LogP contribution is -2.25. The fourth-order valence-corrected chi connectivity index (χ4v) is 6.65. The van der Waals surface area contributed by atoms with E-state index in [-0.39, 0.29) is 11.7 Å². The number of carbonyl (C=O) groups excluding carboxylic acids is 1. The van der Waals surface area contributed by atoms with Gasteiger partial charge in [0.2, 0.25) is 10.0 Å². The molecular formula is C22H19ClN4O3S2. The molecule has 1 fully saturated rings. The molecule has 10 heteroatoms. The Morgan fingerprint density at radius 3 is 2.72 bits per heavy atom. The molecule has 7 nitrogen and oxygen atoms in total. The van der Waals surface area contributed by atoms with E-state index in [1.165, 1.54) is 15.6 Å². The van der Waals surface area contributed by atoms with Gasteiger partial charge in [-0.15, -0.1) is 11.3 Å². The van der Waals surface area contributed by atoms with Crippen LogP contribution >= 0.6 is 22.9 Å². The van der Waals surface area contributed by atoms with Crippen LogP contribution in [0.5, 0.6) is 0 Å². The number of halogens is 1. The van der Waals surface area contributed by atoms with Gasteiger partial charge in [0, 0.05) is 17.6 Å². The number of aryl methyl sites for hydroxylation is 1. The van der Waals surface area contributed by atoms with Crippen molar-refractivity contribution in [3.8, 4) is 5.69 Å². The monoisotopic (exact) mass is 486 g/mol. The van der Waals surface area contributed by atoms with Crippen LogP contribution in [0.25, 0.3) is 15.9 Å². The SMILES string of the molecule is Cc1nn(-c2ccccc2Cl)c2sc(C(=O)Nc3cccc(N4CCCS4(=O)=O)c3)cc12. The summed E-state index contributed by atoms with van der Waals surface area (Å²) in [5, 5.41) is 8.93. The van der Waals surface area contributed by atoms with Crippen LogP contribution in [0.15, 0.2) is 54.6 Å². The first-order chi connectivity index (χ1) is 15.3. The highest BCUT2D eigenvalue weighted by molar-refractivity contribution is 7.93. The number of hydrogen-bond donors (Lipinski definition) is 1. The molecule has 1 aliphatic heterocycles. The molecule has 0 atom stereocenters. The molecule has 1 amide bonds. The van der Waals surface area contributed by atoms with E-state index in [0.717, 1.165) is 21.6 Å². The number of carbonyl (C=O) groups is 1. The molecule has 32 heavy (non-hydrogen) atoms. The first-order valence-electron chi connectivity index (χ1n) is 9.99. The molecule has 1 aliphatic rings. The Balaban J connectivity index is 1.45. The summed E-state index contributed by atoms with van der Waals surface area (Å²) in [4.78, 5) is 14.3. The van der Waals surface area contributed by atoms with Gasteiger partial charge in [-0.3, -0.25) is 9.10 Å². The molecule has 0 spiro atoms. The highest BCUT2D eigenvalue weighted by Crippen LogP contribution is 2.33. The molecule has 1 saturated heterocycles. The third kappa shape index (κ3) is 3.66. The summed E-state index contributed by atoms with van der Waals surface area (Å²) < 4.78 is 27.6. The maximum atomic E-state index is 13.0. The van der Waals surface area contributed by atoms with Crippen molar-refractivity contribution in [2.75, 3.05) is 21.9 Å². The number of sulfonamides is 1. The Hall–Kier alpha value is -2.88. The van der Waals surface area contributed by atoms with E-state index in [1.54, 1.807) is 35.0 Å². The maximum Gasteiger partial charge on any atom is 0.265 e. The third-order valence-electron chi connectivity index (χ3n) is 5.34. The lowest BCUT2D eigenvalue weighted by Gasteiger charge is -2.17. The average molecular weight is 487 g/mol. The van der Waals surface area contributed by atoms with Gasteiger partial charge in [0.25, 0.3) is 5.91 Å². The number of aromatic nitrogens is 2. The Labute approximate surface area is 194 Å². The van der Waals surface area contributed by atoms with Gasteiger partial charge < -0.3 is 5.32 Å². The summed E-state index contributed by atoms with van der Waals surface area (Å²) in [6, 6.07) is 16.1. The number of hydrogen-bond acceptors (Lipinski definition) is 5. The van der Waals surface area contributed by atoms with E-state index in [1.807, 2.05) is 31.2 Å². The minimum Gasteiger partial charge on any atom is -0.321 e. The molecule has 0 aliphatic carbocycles. The second-order valence-corrected chi connectivity index (χ2v) is 11.0. The number of nitrogens with zero attached hydrogens (tertiary/aromatic N) is 3. The van der Waals surface area contributed by atoms with Crippen LogP contribution in [-0.2, 0) is 10.0 Å². The summed E-state index contributed by atoms with van der Waals surface area (Å²) in [6.45, 7) is 2.35. The van der Waals surface area contributed by atoms with Crippen LogP contribution < -0.4 is 9.62 Å². The largest absolute Gasteiger partial charge is 0.321 e. The lowest BCUT2D eigenvalue weighted by atomic mass is 10.2. The molecular weight excluding hydrogens is 468 g/mol. The van der Waals surface area contributed by atoms with E-state index >= 15 is 0 Å². The van der Waals surface area contributed by atoms with E-state index in [2.05, 4.69) is 10.4 Å². The number of benzene rings is 2. The molecule has 0 unspecified atom stereocenters. The van der Waals surface area contributed by atoms with Gasteiger partial charge in [0.05, 0.1) is 32.7 Å². The van der Waals surface area contributed by atoms with Crippen molar-refractivity contribution < 1.29 is 13.2 Å². The molecule has 0 saturated carbocycles. The number of para-hydroxylation sites is 1. The van der Waals surface area contributed by atoms with Gasteiger partial charge in [-0.1, -0.05) is 29.8 Å². The molecule has 164 valence electrons. The Bertz CT molecular complexity index is 1460. The second kappa shape index (κ2) is 7.91. The van der Waals surface area contributed by atoms with Crippen LogP contribution in [-0.4, -0.2) is 36.4 Å². The quantitative estimate of drug-likeness (QED) is 0.447. The zero-order valence-electron chi connectivity index (χ0n) is 17.1. The zero-order chi connectivity index (χ0) is 22.5. The molecule has 1 N–H and O–H groups in total. The molecule has 0 bridgehead atoms. The van der Waals surface area contributed by atoms with Gasteiger partial charge in [0.1, 0.15) is 4.83 Å². The number of fused-ring (bicyclic) bond motifs is 1. The summed E-state index contributed by atoms with van der Waals surface area (Å²) in [5.41, 5.74) is 2.65. The van der Waals surface area contributed by atoms with Crippen molar-refractivity contribution in [2.45, 2.75) is 13.3 Å². The Morgan fingerprint density at radius 1 is 1.16 bits per heavy atom. The van der Waals surface area contributed by atoms with Gasteiger partial charge in [-0.05, 0) is 49.7 Å². The topological polar surface area (TPSA) is 84.3 Å². The highest BCUT2D eigenvalue weighted by Gasteiger charge is 2.28. The zero-order valence-corrected chi connectivity index (χ0v) is 19.5. The van der Waals surface area contributed by atoms with Gasteiger partial charge in [0.15, 0.2) is 0 Å². The van der Waals surface area contributed by atoms with Crippen LogP contribution in [0.3, 0.4) is 0 Å². The van der Waals surface area contributed by atoms with Crippen molar-refractivity contribution in [1.82, 2.24) is 9.78 Å². The van der Waals surface area contributed by atoms with Crippen molar-refractivity contribution in [3.05, 3.63) is 70.2 Å². The van der Waals surface area contributed by atoms with Gasteiger partial charge in [-0.25, -0.2) is 13.1 Å². The van der Waals surface area contributed by atoms with Crippen LogP contribution in [0.2, 0.25) is 5.02 Å². The number of nitrogens with one attached hydrogen (secondary N) is 1. The summed E-state index contributed by atoms with van der Waals surface area (Å²) in [7, 11) is -3.28. The predicted octanol–water partition coefficient (Wildman–Crippen LogP) is 4.84. The first kappa shape index (κ1) is 21.0. The Kier molecular flexibility index (Phi) is 5.19. The first-order valence-corrected chi connectivity index (χ1v) is 12.8. The number of rotatable bonds is 4. The average Bonchev–Trinajstić information content (AvgIpc) is 3.43. The van der Waals surface area contributed by atoms with Crippen molar-refractivity contribution >= 4 is 60.5 Å². The van der Waals surface area contributed by atoms with Gasteiger partial charge in [-0.2, -0.15) is 5.10 Å². The number of amides is 1. The third-order valence-corrected chi connectivity index (χ3v) is 8.64. The molecule has 2 aromatic carbocycles. The Morgan fingerprint density at radius 2 is 1.97 bits per heavy atom. The van der Waals surface area contributed by atoms with E-state index in [9.17, 15) is 13.2 Å². The van der Waals surface area contributed by atoms with Crippen molar-refractivity contribution in [2.24, 2.45) is 0 Å². The van der Waals surface area contributed by atoms with Gasteiger partial charge >= 0.3 is 0 Å². The fraction of sp³-hybridized carbons (Fsp3) is 0.182. The smallest absolute Gasteiger partial charge is 0.265 e. The standard InChI is InChI=1S/C22H19ClN4O3S2/c1-14-17-13-20(31-22(17)27(25-14)19-9-3-2-8-18(19)23)21(28)24-15-6-4-7-16(12-15)26-10-5-11-32(26,29)30/h2-4,6-9,12-13H,5,10-11H2,1H3,(H,24,28). The minimum absolute atomic E-state index is 0.146. The van der Waals surface area contributed by atoms with E-state index < -0.39 is 10.0 Å². The summed E-state index contributed by atoms with van der Waals surface area (Å²) >= 11 is 7.68. The lowest BCUT2D eigenvalue weighted by molar-refractivity contribution is 0.103. The second-order valence-electron chi connectivity index (χ2n) is 7.52. The van der Waals surface area contributed by atoms with Crippen LogP contribution in [0.4, 0.5) is 11.4 Å².